The first-order chi connectivity index (χ1) is 12.3. The van der Waals surface area contributed by atoms with Crippen LogP contribution in [0, 0.1) is 10.1 Å². The molecule has 12 heteroatoms. The van der Waals surface area contributed by atoms with Crippen LogP contribution in [-0.2, 0) is 14.3 Å². The van der Waals surface area contributed by atoms with Crippen molar-refractivity contribution in [1.29, 1.82) is 0 Å². The van der Waals surface area contributed by atoms with Crippen molar-refractivity contribution in [2.75, 3.05) is 12.4 Å². The second-order valence-electron chi connectivity index (χ2n) is 5.57. The molecule has 2 heterocycles. The lowest BCUT2D eigenvalue weighted by Gasteiger charge is -2.47. The van der Waals surface area contributed by atoms with Crippen molar-refractivity contribution in [1.82, 2.24) is 4.90 Å². The third-order valence-corrected chi connectivity index (χ3v) is 5.34. The number of carbonyl (C=O) groups is 3. The van der Waals surface area contributed by atoms with E-state index in [1.54, 1.807) is 0 Å². The average Bonchev–Trinajstić information content (AvgIpc) is 2.64. The number of benzene rings is 1. The number of carboxylic acids is 1. The summed E-state index contributed by atoms with van der Waals surface area (Å²) in [4.78, 5) is 46.5. The molecule has 1 saturated heterocycles. The number of rotatable bonds is 5. The number of amides is 1. The van der Waals surface area contributed by atoms with Crippen molar-refractivity contribution in [2.24, 2.45) is 5.73 Å². The molecule has 0 radical (unpaired) electrons. The molecule has 2 aliphatic heterocycles. The van der Waals surface area contributed by atoms with E-state index >= 15 is 0 Å². The predicted molar refractivity (Wildman–Crippen MR) is 96.4 cm³/mol. The molecule has 0 bridgehead atoms. The normalized spacial score (nSPS) is 20.9. The van der Waals surface area contributed by atoms with E-state index in [4.69, 9.17) is 10.5 Å². The summed E-state index contributed by atoms with van der Waals surface area (Å²) in [6.45, 7) is -0.309. The highest BCUT2D eigenvalue weighted by Crippen LogP contribution is 2.39. The minimum Gasteiger partial charge on any atom is -0.477 e. The molecule has 2 aliphatic rings. The smallest absolute Gasteiger partial charge is 0.352 e. The molecule has 0 aliphatic carbocycles. The van der Waals surface area contributed by atoms with Crippen LogP contribution in [0.15, 0.2) is 35.5 Å². The van der Waals surface area contributed by atoms with Crippen LogP contribution in [0.5, 0.6) is 0 Å². The first kappa shape index (κ1) is 20.7. The Morgan fingerprint density at radius 1 is 1.37 bits per heavy atom. The Bertz CT molecular complexity index is 842. The number of nitro benzene ring substituents is 1. The molecule has 0 saturated carbocycles. The van der Waals surface area contributed by atoms with Gasteiger partial charge in [0.2, 0.25) is 5.91 Å². The Morgan fingerprint density at radius 3 is 2.56 bits per heavy atom. The van der Waals surface area contributed by atoms with Gasteiger partial charge in [-0.25, -0.2) is 9.59 Å². The number of aliphatic carboxylic acids is 1. The lowest BCUT2D eigenvalue weighted by molar-refractivity contribution is -0.384. The number of nitro groups is 1. The van der Waals surface area contributed by atoms with Crippen LogP contribution in [0.1, 0.15) is 10.4 Å². The van der Waals surface area contributed by atoms with Gasteiger partial charge >= 0.3 is 11.9 Å². The zero-order chi connectivity index (χ0) is 19.0. The molecule has 144 valence electrons. The number of nitrogens with zero attached hydrogens (tertiary/aromatic N) is 2. The number of hydrogen-bond acceptors (Lipinski definition) is 8. The maximum absolute atomic E-state index is 12.1. The number of ether oxygens (including phenoxy) is 1. The van der Waals surface area contributed by atoms with E-state index in [2.05, 4.69) is 0 Å². The minimum atomic E-state index is -1.29. The van der Waals surface area contributed by atoms with Gasteiger partial charge in [-0.2, -0.15) is 0 Å². The molecule has 1 fully saturated rings. The van der Waals surface area contributed by atoms with Gasteiger partial charge in [-0.15, -0.1) is 24.2 Å². The third kappa shape index (κ3) is 3.75. The third-order valence-electron chi connectivity index (χ3n) is 3.98. The molecule has 0 spiro atoms. The van der Waals surface area contributed by atoms with Gasteiger partial charge in [-0.3, -0.25) is 19.8 Å². The molecule has 3 rings (SSSR count). The number of hydrogen-bond donors (Lipinski definition) is 2. The van der Waals surface area contributed by atoms with Crippen molar-refractivity contribution < 1.29 is 29.2 Å². The average molecular weight is 416 g/mol. The fraction of sp³-hybridized carbons (Fsp3) is 0.267. The molecule has 1 unspecified atom stereocenters. The minimum absolute atomic E-state index is 0. The van der Waals surface area contributed by atoms with Gasteiger partial charge in [0.25, 0.3) is 5.69 Å². The summed E-state index contributed by atoms with van der Waals surface area (Å²) >= 11 is 1.30. The Balaban J connectivity index is 0.00000261. The summed E-state index contributed by atoms with van der Waals surface area (Å²) < 4.78 is 5.11. The number of β-lactam (4-membered cyclic amide) rings is 1. The van der Waals surface area contributed by atoms with Crippen molar-refractivity contribution in [3.8, 4) is 0 Å². The Morgan fingerprint density at radius 2 is 2.00 bits per heavy atom. The summed E-state index contributed by atoms with van der Waals surface area (Å²) in [5, 5.41) is 19.6. The van der Waals surface area contributed by atoms with E-state index in [9.17, 15) is 29.6 Å². The van der Waals surface area contributed by atoms with E-state index in [0.717, 1.165) is 4.90 Å². The lowest BCUT2D eigenvalue weighted by Crippen LogP contribution is -2.68. The summed E-state index contributed by atoms with van der Waals surface area (Å²) in [6, 6.07) is 4.09. The molecule has 10 nitrogen and oxygen atoms in total. The monoisotopic (exact) mass is 415 g/mol. The number of carbonyl (C=O) groups excluding carboxylic acids is 2. The molecular formula is C15H14ClN3O7S. The maximum atomic E-state index is 12.1. The van der Waals surface area contributed by atoms with Gasteiger partial charge in [-0.05, 0) is 12.1 Å². The Kier molecular flexibility index (Phi) is 6.08. The molecule has 1 aromatic carbocycles. The number of fused-ring (bicyclic) bond motifs is 1. The Hall–Kier alpha value is -2.63. The van der Waals surface area contributed by atoms with Gasteiger partial charge in [0.15, 0.2) is 0 Å². The highest BCUT2D eigenvalue weighted by Gasteiger charge is 2.51. The summed E-state index contributed by atoms with van der Waals surface area (Å²) in [5.74, 6) is -2.27. The number of thioether (sulfide) groups is 1. The van der Waals surface area contributed by atoms with Crippen molar-refractivity contribution >= 4 is 47.7 Å². The standard InChI is InChI=1S/C15H13N3O7S.ClH/c16-10-12(19)17-11(14(20)21)8(6-26-13(10)17)5-25-15(22)7-1-3-9(4-2-7)18(23)24;/h1-4,10,13H,5-6,16H2,(H,20,21);1H/t10?,13-;/m0./s1. The molecule has 0 aromatic heterocycles. The number of non-ortho nitro benzene ring substituents is 1. The van der Waals surface area contributed by atoms with Crippen LogP contribution < -0.4 is 5.73 Å². The van der Waals surface area contributed by atoms with E-state index in [0.29, 0.717) is 0 Å². The number of carboxylic acid groups (broad SMARTS) is 1. The van der Waals surface area contributed by atoms with Gasteiger partial charge in [-0.1, -0.05) is 0 Å². The van der Waals surface area contributed by atoms with E-state index in [-0.39, 0.29) is 47.3 Å². The summed E-state index contributed by atoms with van der Waals surface area (Å²) in [7, 11) is 0. The molecule has 2 atom stereocenters. The van der Waals surface area contributed by atoms with Crippen molar-refractivity contribution in [2.45, 2.75) is 11.4 Å². The second kappa shape index (κ2) is 7.94. The van der Waals surface area contributed by atoms with Crippen LogP contribution in [0.25, 0.3) is 0 Å². The van der Waals surface area contributed by atoms with Gasteiger partial charge < -0.3 is 15.6 Å². The summed E-state index contributed by atoms with van der Waals surface area (Å²) in [6.07, 6.45) is 0. The second-order valence-corrected chi connectivity index (χ2v) is 6.68. The largest absolute Gasteiger partial charge is 0.477 e. The van der Waals surface area contributed by atoms with E-state index in [1.807, 2.05) is 0 Å². The van der Waals surface area contributed by atoms with Crippen LogP contribution in [0.2, 0.25) is 0 Å². The van der Waals surface area contributed by atoms with Crippen molar-refractivity contribution in [3.05, 3.63) is 51.2 Å². The molecular weight excluding hydrogens is 402 g/mol. The quantitative estimate of drug-likeness (QED) is 0.307. The van der Waals surface area contributed by atoms with E-state index in [1.165, 1.54) is 36.0 Å². The molecule has 1 aromatic rings. The van der Waals surface area contributed by atoms with Gasteiger partial charge in [0.1, 0.15) is 23.7 Å². The first-order valence-corrected chi connectivity index (χ1v) is 8.43. The summed E-state index contributed by atoms with van der Waals surface area (Å²) in [5.41, 5.74) is 5.66. The van der Waals surface area contributed by atoms with Crippen molar-refractivity contribution in [3.63, 3.8) is 0 Å². The number of esters is 1. The van der Waals surface area contributed by atoms with Crippen LogP contribution in [-0.4, -0.2) is 56.6 Å². The molecule has 1 amide bonds. The topological polar surface area (TPSA) is 153 Å². The van der Waals surface area contributed by atoms with Crippen LogP contribution >= 0.6 is 24.2 Å². The highest BCUT2D eigenvalue weighted by atomic mass is 35.5. The van der Waals surface area contributed by atoms with E-state index < -0.39 is 34.2 Å². The first-order valence-electron chi connectivity index (χ1n) is 7.38. The van der Waals surface area contributed by atoms with Gasteiger partial charge in [0.05, 0.1) is 10.5 Å². The maximum Gasteiger partial charge on any atom is 0.352 e. The highest BCUT2D eigenvalue weighted by molar-refractivity contribution is 8.00. The molecule has 3 N–H and O–H groups in total. The Labute approximate surface area is 162 Å². The number of halogens is 1. The SMILES string of the molecule is Cl.NC1C(=O)N2C(C(=O)O)=C(COC(=O)c3ccc([N+](=O)[O-])cc3)CS[C@@H]12. The zero-order valence-electron chi connectivity index (χ0n) is 13.6. The lowest BCUT2D eigenvalue weighted by atomic mass is 10.0. The fourth-order valence-corrected chi connectivity index (χ4v) is 3.92. The predicted octanol–water partition coefficient (Wildman–Crippen LogP) is 0.754. The van der Waals surface area contributed by atoms with Gasteiger partial charge in [0, 0.05) is 23.5 Å². The van der Waals surface area contributed by atoms with Crippen LogP contribution in [0.3, 0.4) is 0 Å². The number of nitrogens with two attached hydrogens (primary N) is 1. The van der Waals surface area contributed by atoms with Crippen LogP contribution in [0.4, 0.5) is 5.69 Å². The fourth-order valence-electron chi connectivity index (χ4n) is 2.65. The zero-order valence-corrected chi connectivity index (χ0v) is 15.2. The molecule has 27 heavy (non-hydrogen) atoms.